The Bertz CT molecular complexity index is 629. The number of hydrogen-bond acceptors (Lipinski definition) is 1. The van der Waals surface area contributed by atoms with Crippen molar-refractivity contribution in [1.82, 2.24) is 9.97 Å². The van der Waals surface area contributed by atoms with Crippen molar-refractivity contribution in [3.63, 3.8) is 0 Å². The van der Waals surface area contributed by atoms with E-state index in [1.807, 2.05) is 24.3 Å². The van der Waals surface area contributed by atoms with Crippen molar-refractivity contribution in [2.75, 3.05) is 0 Å². The van der Waals surface area contributed by atoms with Gasteiger partial charge in [-0.15, -0.1) is 0 Å². The average Bonchev–Trinajstić information content (AvgIpc) is 2.76. The first kappa shape index (κ1) is 9.84. The third-order valence-corrected chi connectivity index (χ3v) is 3.38. The number of nitrogens with zero attached hydrogens (tertiary/aromatic N) is 1. The fourth-order valence-corrected chi connectivity index (χ4v) is 2.35. The summed E-state index contributed by atoms with van der Waals surface area (Å²) in [6.07, 6.45) is 0. The summed E-state index contributed by atoms with van der Waals surface area (Å²) < 4.78 is 1.17. The summed E-state index contributed by atoms with van der Waals surface area (Å²) in [6, 6.07) is 16.3. The lowest BCUT2D eigenvalue weighted by atomic mass is 10.2. The summed E-state index contributed by atoms with van der Waals surface area (Å²) in [5.41, 5.74) is 3.25. The van der Waals surface area contributed by atoms with Gasteiger partial charge in [-0.1, -0.05) is 36.4 Å². The number of hydrogen-bond donors (Lipinski definition) is 1. The molecule has 0 unspecified atom stereocenters. The topological polar surface area (TPSA) is 28.7 Å². The van der Waals surface area contributed by atoms with E-state index in [-0.39, 0.29) is 0 Å². The molecule has 3 rings (SSSR count). The number of rotatable bonds is 1. The molecule has 1 N–H and O–H groups in total. The summed E-state index contributed by atoms with van der Waals surface area (Å²) in [4.78, 5) is 7.96. The Hall–Kier alpha value is -1.36. The lowest BCUT2D eigenvalue weighted by molar-refractivity contribution is 1.33. The highest BCUT2D eigenvalue weighted by Gasteiger charge is 2.06. The molecule has 3 heteroatoms. The molecule has 0 aliphatic heterocycles. The highest BCUT2D eigenvalue weighted by atomic mass is 127. The van der Waals surface area contributed by atoms with Crippen LogP contribution in [0.3, 0.4) is 0 Å². The number of halogens is 1. The molecule has 0 radical (unpaired) electrons. The third kappa shape index (κ3) is 1.61. The Morgan fingerprint density at radius 1 is 0.938 bits per heavy atom. The molecule has 0 spiro atoms. The number of benzene rings is 2. The van der Waals surface area contributed by atoms with Crippen LogP contribution in [0, 0.1) is 3.57 Å². The first-order valence-corrected chi connectivity index (χ1v) is 6.12. The van der Waals surface area contributed by atoms with E-state index in [1.165, 1.54) is 3.57 Å². The van der Waals surface area contributed by atoms with Gasteiger partial charge in [0.15, 0.2) is 0 Å². The lowest BCUT2D eigenvalue weighted by Crippen LogP contribution is -1.78. The minimum Gasteiger partial charge on any atom is -0.338 e. The monoisotopic (exact) mass is 320 g/mol. The van der Waals surface area contributed by atoms with Gasteiger partial charge in [0.25, 0.3) is 0 Å². The van der Waals surface area contributed by atoms with Gasteiger partial charge >= 0.3 is 0 Å². The molecule has 0 amide bonds. The second-order valence-corrected chi connectivity index (χ2v) is 4.75. The van der Waals surface area contributed by atoms with E-state index >= 15 is 0 Å². The van der Waals surface area contributed by atoms with E-state index < -0.39 is 0 Å². The zero-order valence-electron chi connectivity index (χ0n) is 8.44. The van der Waals surface area contributed by atoms with Crippen LogP contribution in [0.5, 0.6) is 0 Å². The maximum Gasteiger partial charge on any atom is 0.138 e. The maximum absolute atomic E-state index is 4.62. The number of aromatic amines is 1. The molecule has 1 aromatic heterocycles. The van der Waals surface area contributed by atoms with Crippen molar-refractivity contribution < 1.29 is 0 Å². The Balaban J connectivity index is 2.23. The zero-order valence-corrected chi connectivity index (χ0v) is 10.6. The molecule has 78 valence electrons. The number of imidazole rings is 1. The van der Waals surface area contributed by atoms with Gasteiger partial charge in [0.1, 0.15) is 11.3 Å². The molecule has 1 heterocycles. The molecule has 0 aliphatic carbocycles. The second kappa shape index (κ2) is 3.90. The van der Waals surface area contributed by atoms with Crippen LogP contribution in [0.1, 0.15) is 0 Å². The number of para-hydroxylation sites is 1. The Morgan fingerprint density at radius 2 is 1.75 bits per heavy atom. The summed E-state index contributed by atoms with van der Waals surface area (Å²) >= 11 is 2.31. The first-order chi connectivity index (χ1) is 7.84. The van der Waals surface area contributed by atoms with E-state index in [9.17, 15) is 0 Å². The second-order valence-electron chi connectivity index (χ2n) is 3.59. The zero-order chi connectivity index (χ0) is 11.0. The van der Waals surface area contributed by atoms with Crippen LogP contribution in [0.25, 0.3) is 22.4 Å². The van der Waals surface area contributed by atoms with E-state index in [2.05, 4.69) is 56.8 Å². The van der Waals surface area contributed by atoms with Crippen LogP contribution in [0.15, 0.2) is 48.5 Å². The Labute approximate surface area is 107 Å². The highest BCUT2D eigenvalue weighted by Crippen LogP contribution is 2.23. The lowest BCUT2D eigenvalue weighted by Gasteiger charge is -1.93. The Morgan fingerprint density at radius 3 is 2.50 bits per heavy atom. The fraction of sp³-hybridized carbons (Fsp3) is 0. The van der Waals surface area contributed by atoms with Crippen LogP contribution < -0.4 is 0 Å². The van der Waals surface area contributed by atoms with Gasteiger partial charge in [0.05, 0.1) is 5.52 Å². The maximum atomic E-state index is 4.62. The average molecular weight is 320 g/mol. The van der Waals surface area contributed by atoms with E-state index in [4.69, 9.17) is 0 Å². The molecule has 0 fully saturated rings. The van der Waals surface area contributed by atoms with Gasteiger partial charge in [0, 0.05) is 9.13 Å². The predicted octanol–water partition coefficient (Wildman–Crippen LogP) is 3.83. The van der Waals surface area contributed by atoms with Crippen molar-refractivity contribution >= 4 is 33.6 Å². The third-order valence-electron chi connectivity index (χ3n) is 2.51. The van der Waals surface area contributed by atoms with E-state index in [1.54, 1.807) is 0 Å². The standard InChI is InChI=1S/C13H9IN2/c14-10-7-4-8-11-12(10)16-13(15-11)9-5-2-1-3-6-9/h1-8H,(H,15,16). The highest BCUT2D eigenvalue weighted by molar-refractivity contribution is 14.1. The van der Waals surface area contributed by atoms with Crippen LogP contribution in [0.2, 0.25) is 0 Å². The number of aromatic nitrogens is 2. The quantitative estimate of drug-likeness (QED) is 0.678. The summed E-state index contributed by atoms with van der Waals surface area (Å²) in [7, 11) is 0. The van der Waals surface area contributed by atoms with E-state index in [0.717, 1.165) is 22.4 Å². The van der Waals surface area contributed by atoms with Gasteiger partial charge in [-0.05, 0) is 34.7 Å². The largest absolute Gasteiger partial charge is 0.338 e. The Kier molecular flexibility index (Phi) is 2.40. The van der Waals surface area contributed by atoms with Crippen LogP contribution in [-0.4, -0.2) is 9.97 Å². The first-order valence-electron chi connectivity index (χ1n) is 5.04. The molecule has 3 aromatic rings. The number of fused-ring (bicyclic) bond motifs is 1. The number of nitrogens with one attached hydrogen (secondary N) is 1. The minimum atomic E-state index is 0.930. The van der Waals surface area contributed by atoms with Crippen molar-refractivity contribution in [2.45, 2.75) is 0 Å². The molecular formula is C13H9IN2. The van der Waals surface area contributed by atoms with Gasteiger partial charge in [-0.2, -0.15) is 0 Å². The van der Waals surface area contributed by atoms with Gasteiger partial charge in [-0.25, -0.2) is 4.98 Å². The molecular weight excluding hydrogens is 311 g/mol. The van der Waals surface area contributed by atoms with Gasteiger partial charge < -0.3 is 4.98 Å². The minimum absolute atomic E-state index is 0.930. The molecule has 0 saturated carbocycles. The molecule has 0 atom stereocenters. The van der Waals surface area contributed by atoms with Crippen molar-refractivity contribution in [3.8, 4) is 11.4 Å². The summed E-state index contributed by atoms with van der Waals surface area (Å²) in [6.45, 7) is 0. The SMILES string of the molecule is Ic1cccc2[nH]c(-c3ccccc3)nc12. The van der Waals surface area contributed by atoms with Crippen molar-refractivity contribution in [3.05, 3.63) is 52.1 Å². The predicted molar refractivity (Wildman–Crippen MR) is 74.2 cm³/mol. The van der Waals surface area contributed by atoms with Gasteiger partial charge in [-0.3, -0.25) is 0 Å². The molecule has 0 bridgehead atoms. The normalized spacial score (nSPS) is 10.8. The van der Waals surface area contributed by atoms with Crippen LogP contribution in [-0.2, 0) is 0 Å². The smallest absolute Gasteiger partial charge is 0.138 e. The molecule has 16 heavy (non-hydrogen) atoms. The summed E-state index contributed by atoms with van der Waals surface area (Å²) in [5, 5.41) is 0. The summed E-state index contributed by atoms with van der Waals surface area (Å²) in [5.74, 6) is 0.930. The number of H-pyrrole nitrogens is 1. The molecule has 0 aliphatic rings. The fourth-order valence-electron chi connectivity index (χ4n) is 1.73. The van der Waals surface area contributed by atoms with Gasteiger partial charge in [0.2, 0.25) is 0 Å². The van der Waals surface area contributed by atoms with Crippen LogP contribution in [0.4, 0.5) is 0 Å². The molecule has 2 aromatic carbocycles. The van der Waals surface area contributed by atoms with E-state index in [0.29, 0.717) is 0 Å². The molecule has 2 nitrogen and oxygen atoms in total. The molecule has 0 saturated heterocycles. The van der Waals surface area contributed by atoms with Crippen LogP contribution >= 0.6 is 22.6 Å². The van der Waals surface area contributed by atoms with Crippen molar-refractivity contribution in [2.24, 2.45) is 0 Å². The van der Waals surface area contributed by atoms with Crippen molar-refractivity contribution in [1.29, 1.82) is 0 Å².